The molecule has 106 valence electrons. The molecule has 7 nitrogen and oxygen atoms in total. The Hall–Kier alpha value is -1.89. The summed E-state index contributed by atoms with van der Waals surface area (Å²) >= 11 is 0. The summed E-state index contributed by atoms with van der Waals surface area (Å²) in [6.07, 6.45) is 0. The largest absolute Gasteiger partial charge is 0.377 e. The van der Waals surface area contributed by atoms with Crippen molar-refractivity contribution in [1.29, 1.82) is 0 Å². The number of anilines is 2. The van der Waals surface area contributed by atoms with E-state index in [1.54, 1.807) is 21.2 Å². The maximum atomic E-state index is 11.5. The van der Waals surface area contributed by atoms with E-state index in [0.29, 0.717) is 30.6 Å². The van der Waals surface area contributed by atoms with Gasteiger partial charge in [0.25, 0.3) is 0 Å². The molecule has 1 rings (SSSR count). The average Bonchev–Trinajstić information content (AvgIpc) is 2.44. The van der Waals surface area contributed by atoms with Crippen LogP contribution in [0.15, 0.2) is 6.07 Å². The van der Waals surface area contributed by atoms with Gasteiger partial charge in [-0.25, -0.2) is 9.97 Å². The molecule has 0 saturated heterocycles. The van der Waals surface area contributed by atoms with Gasteiger partial charge in [-0.3, -0.25) is 4.79 Å². The molecule has 7 heteroatoms. The minimum absolute atomic E-state index is 0.0558. The molecule has 0 aromatic carbocycles. The zero-order chi connectivity index (χ0) is 14.3. The minimum atomic E-state index is -0.0558. The fourth-order valence-electron chi connectivity index (χ4n) is 1.57. The van der Waals surface area contributed by atoms with Gasteiger partial charge in [0.1, 0.15) is 18.2 Å². The van der Waals surface area contributed by atoms with Crippen LogP contribution in [0.2, 0.25) is 0 Å². The molecule has 19 heavy (non-hydrogen) atoms. The van der Waals surface area contributed by atoms with Crippen LogP contribution < -0.4 is 15.5 Å². The summed E-state index contributed by atoms with van der Waals surface area (Å²) in [6.45, 7) is 3.25. The molecular weight excluding hydrogens is 246 g/mol. The molecule has 2 N–H and O–H groups in total. The summed E-state index contributed by atoms with van der Waals surface area (Å²) < 4.78 is 5.05. The van der Waals surface area contributed by atoms with E-state index >= 15 is 0 Å². The normalized spacial score (nSPS) is 10.1. The first-order valence-corrected chi connectivity index (χ1v) is 6.14. The van der Waals surface area contributed by atoms with Gasteiger partial charge in [-0.1, -0.05) is 0 Å². The van der Waals surface area contributed by atoms with E-state index in [2.05, 4.69) is 20.6 Å². The molecular formula is C12H21N5O2. The average molecular weight is 267 g/mol. The summed E-state index contributed by atoms with van der Waals surface area (Å²) in [4.78, 5) is 22.0. The highest BCUT2D eigenvalue weighted by atomic mass is 16.5. The van der Waals surface area contributed by atoms with Crippen LogP contribution in [0, 0.1) is 0 Å². The first-order chi connectivity index (χ1) is 9.14. The maximum Gasteiger partial charge on any atom is 0.239 e. The maximum absolute atomic E-state index is 11.5. The third kappa shape index (κ3) is 4.36. The Morgan fingerprint density at radius 1 is 1.42 bits per heavy atom. The van der Waals surface area contributed by atoms with Gasteiger partial charge in [0, 0.05) is 33.8 Å². The highest BCUT2D eigenvalue weighted by Crippen LogP contribution is 2.15. The molecule has 1 amide bonds. The van der Waals surface area contributed by atoms with Gasteiger partial charge in [0.05, 0.1) is 6.54 Å². The number of rotatable bonds is 7. The lowest BCUT2D eigenvalue weighted by Gasteiger charge is -2.21. The third-order valence-electron chi connectivity index (χ3n) is 2.61. The Morgan fingerprint density at radius 2 is 2.16 bits per heavy atom. The summed E-state index contributed by atoms with van der Waals surface area (Å²) in [5.41, 5.74) is 0. The van der Waals surface area contributed by atoms with Gasteiger partial charge in [-0.2, -0.15) is 0 Å². The fraction of sp³-hybridized carbons (Fsp3) is 0.583. The second-order valence-electron chi connectivity index (χ2n) is 3.90. The van der Waals surface area contributed by atoms with Crippen molar-refractivity contribution in [2.45, 2.75) is 13.5 Å². The first-order valence-electron chi connectivity index (χ1n) is 6.14. The number of nitrogens with one attached hydrogen (secondary N) is 2. The van der Waals surface area contributed by atoms with E-state index in [9.17, 15) is 4.79 Å². The van der Waals surface area contributed by atoms with Gasteiger partial charge in [-0.15, -0.1) is 0 Å². The van der Waals surface area contributed by atoms with Gasteiger partial charge in [-0.05, 0) is 6.92 Å². The second kappa shape index (κ2) is 7.52. The van der Waals surface area contributed by atoms with E-state index in [-0.39, 0.29) is 12.5 Å². The highest BCUT2D eigenvalue weighted by molar-refractivity contribution is 5.80. The van der Waals surface area contributed by atoms with Crippen molar-refractivity contribution in [2.75, 3.05) is 44.5 Å². The number of carbonyl (C=O) groups is 1. The number of likely N-dealkylation sites (N-methyl/N-ethyl adjacent to an activating group) is 2. The predicted molar refractivity (Wildman–Crippen MR) is 74.2 cm³/mol. The van der Waals surface area contributed by atoms with E-state index in [4.69, 9.17) is 4.74 Å². The van der Waals surface area contributed by atoms with Crippen molar-refractivity contribution < 1.29 is 9.53 Å². The quantitative estimate of drug-likeness (QED) is 0.736. The van der Waals surface area contributed by atoms with Crippen molar-refractivity contribution in [2.24, 2.45) is 0 Å². The van der Waals surface area contributed by atoms with Crippen LogP contribution in [-0.4, -0.2) is 50.2 Å². The summed E-state index contributed by atoms with van der Waals surface area (Å²) in [5.74, 6) is 1.93. The smallest absolute Gasteiger partial charge is 0.239 e. The Bertz CT molecular complexity index is 425. The van der Waals surface area contributed by atoms with Gasteiger partial charge in [0.2, 0.25) is 5.91 Å². The van der Waals surface area contributed by atoms with Gasteiger partial charge < -0.3 is 20.3 Å². The standard InChI is InChI=1S/C12H21N5O2/c1-5-17(7-12(18)14-3)11-6-9(13-2)15-10(16-11)8-19-4/h6H,5,7-8H2,1-4H3,(H,14,18)(H,13,15,16). The number of hydrogen-bond donors (Lipinski definition) is 2. The first kappa shape index (κ1) is 15.2. The molecule has 0 aliphatic rings. The van der Waals surface area contributed by atoms with Crippen LogP contribution in [-0.2, 0) is 16.1 Å². The number of methoxy groups -OCH3 is 1. The summed E-state index contributed by atoms with van der Waals surface area (Å²) in [7, 11) is 5.00. The van der Waals surface area contributed by atoms with Crippen molar-refractivity contribution in [3.8, 4) is 0 Å². The highest BCUT2D eigenvalue weighted by Gasteiger charge is 2.12. The second-order valence-corrected chi connectivity index (χ2v) is 3.90. The number of ether oxygens (including phenoxy) is 1. The molecule has 0 unspecified atom stereocenters. The van der Waals surface area contributed by atoms with E-state index < -0.39 is 0 Å². The summed E-state index contributed by atoms with van der Waals surface area (Å²) in [6, 6.07) is 1.81. The predicted octanol–water partition coefficient (Wildman–Crippen LogP) is 0.237. The van der Waals surface area contributed by atoms with Crippen LogP contribution in [0.5, 0.6) is 0 Å². The Labute approximate surface area is 113 Å². The van der Waals surface area contributed by atoms with Gasteiger partial charge >= 0.3 is 0 Å². The lowest BCUT2D eigenvalue weighted by molar-refractivity contribution is -0.119. The van der Waals surface area contributed by atoms with E-state index in [0.717, 1.165) is 0 Å². The van der Waals surface area contributed by atoms with Crippen LogP contribution in [0.4, 0.5) is 11.6 Å². The number of carbonyl (C=O) groups excluding carboxylic acids is 1. The van der Waals surface area contributed by atoms with Crippen molar-refractivity contribution in [1.82, 2.24) is 15.3 Å². The number of hydrogen-bond acceptors (Lipinski definition) is 6. The Balaban J connectivity index is 3.00. The summed E-state index contributed by atoms with van der Waals surface area (Å²) in [5, 5.41) is 5.58. The van der Waals surface area contributed by atoms with Crippen LogP contribution in [0.25, 0.3) is 0 Å². The lowest BCUT2D eigenvalue weighted by Crippen LogP contribution is -2.36. The minimum Gasteiger partial charge on any atom is -0.377 e. The lowest BCUT2D eigenvalue weighted by atomic mass is 10.4. The molecule has 0 bridgehead atoms. The third-order valence-corrected chi connectivity index (χ3v) is 2.61. The molecule has 0 aliphatic heterocycles. The zero-order valence-electron chi connectivity index (χ0n) is 11.9. The number of nitrogens with zero attached hydrogens (tertiary/aromatic N) is 3. The Morgan fingerprint density at radius 3 is 2.68 bits per heavy atom. The fourth-order valence-corrected chi connectivity index (χ4v) is 1.57. The SMILES string of the molecule is CCN(CC(=O)NC)c1cc(NC)nc(COC)n1. The molecule has 0 saturated carbocycles. The molecule has 0 aliphatic carbocycles. The topological polar surface area (TPSA) is 79.4 Å². The van der Waals surface area contributed by atoms with Crippen molar-refractivity contribution in [3.05, 3.63) is 11.9 Å². The molecule has 0 fully saturated rings. The van der Waals surface area contributed by atoms with Crippen molar-refractivity contribution in [3.63, 3.8) is 0 Å². The molecule has 1 heterocycles. The molecule has 1 aromatic rings. The monoisotopic (exact) mass is 267 g/mol. The van der Waals surface area contributed by atoms with Gasteiger partial charge in [0.15, 0.2) is 5.82 Å². The van der Waals surface area contributed by atoms with E-state index in [1.165, 1.54) is 0 Å². The van der Waals surface area contributed by atoms with Crippen LogP contribution in [0.1, 0.15) is 12.7 Å². The van der Waals surface area contributed by atoms with Crippen molar-refractivity contribution >= 4 is 17.5 Å². The molecule has 1 aromatic heterocycles. The number of aromatic nitrogens is 2. The molecule has 0 radical (unpaired) electrons. The van der Waals surface area contributed by atoms with E-state index in [1.807, 2.05) is 17.9 Å². The van der Waals surface area contributed by atoms with Crippen LogP contribution in [0.3, 0.4) is 0 Å². The molecule has 0 atom stereocenters. The zero-order valence-corrected chi connectivity index (χ0v) is 11.9. The number of amides is 1. The Kier molecular flexibility index (Phi) is 6.01. The van der Waals surface area contributed by atoms with Crippen LogP contribution >= 0.6 is 0 Å². The molecule has 0 spiro atoms.